The first kappa shape index (κ1) is 131. The van der Waals surface area contributed by atoms with Gasteiger partial charge in [-0.15, -0.1) is 0 Å². The van der Waals surface area contributed by atoms with Crippen LogP contribution in [0.15, 0.2) is 60.7 Å². The van der Waals surface area contributed by atoms with Crippen LogP contribution in [-0.4, -0.2) is 26.4 Å². The fourth-order valence-corrected chi connectivity index (χ4v) is 22.1. The molecule has 0 spiro atoms. The summed E-state index contributed by atoms with van der Waals surface area (Å²) in [6.07, 6.45) is 133. The van der Waals surface area contributed by atoms with Gasteiger partial charge in [-0.25, -0.2) is 0 Å². The van der Waals surface area contributed by atoms with Crippen LogP contribution < -0.4 is 18.9 Å². The molecule has 0 amide bonds. The Balaban J connectivity index is 2.17. The first-order valence-electron chi connectivity index (χ1n) is 64.4. The molecule has 0 radical (unpaired) electrons. The normalized spacial score (nSPS) is 12.7. The smallest absolute Gasteiger partial charge is 0.126 e. The van der Waals surface area contributed by atoms with E-state index < -0.39 is 0 Å². The number of rotatable bonds is 112. The number of ether oxygens (including phenoxy) is 4. The number of allylic oxidation sites excluding steroid dienone is 2. The van der Waals surface area contributed by atoms with E-state index in [9.17, 15) is 10.5 Å². The molecule has 3 rings (SSSR count). The summed E-state index contributed by atoms with van der Waals surface area (Å²) in [7, 11) is 0. The summed E-state index contributed by atoms with van der Waals surface area (Å²) >= 11 is 0. The third-order valence-corrected chi connectivity index (χ3v) is 32.0. The molecule has 0 N–H and O–H groups in total. The zero-order chi connectivity index (χ0) is 102. The minimum absolute atomic E-state index is 0.472. The highest BCUT2D eigenvalue weighted by Gasteiger charge is 2.20. The van der Waals surface area contributed by atoms with Gasteiger partial charge in [0, 0.05) is 11.1 Å². The molecule has 142 heavy (non-hydrogen) atoms. The van der Waals surface area contributed by atoms with E-state index in [-0.39, 0.29) is 0 Å². The predicted molar refractivity (Wildman–Crippen MR) is 631 cm³/mol. The van der Waals surface area contributed by atoms with Crippen molar-refractivity contribution >= 4 is 23.3 Å². The van der Waals surface area contributed by atoms with Crippen molar-refractivity contribution < 1.29 is 18.9 Å². The number of unbranched alkanes of at least 4 members (excludes halogenated alkanes) is 80. The zero-order valence-electron chi connectivity index (χ0n) is 96.5. The highest BCUT2D eigenvalue weighted by atomic mass is 16.5. The second-order valence-electron chi connectivity index (χ2n) is 45.6. The number of hydrogen-bond donors (Lipinski definition) is 0. The van der Waals surface area contributed by atoms with Crippen LogP contribution in [0.25, 0.3) is 23.3 Å². The highest BCUT2D eigenvalue weighted by molar-refractivity contribution is 5.93. The zero-order valence-corrected chi connectivity index (χ0v) is 96.5. The lowest BCUT2D eigenvalue weighted by atomic mass is 9.94. The van der Waals surface area contributed by atoms with Crippen LogP contribution in [0.4, 0.5) is 0 Å². The molecular weight excluding hydrogens is 1730 g/mol. The lowest BCUT2D eigenvalue weighted by Gasteiger charge is -2.21. The molecule has 0 heterocycles. The van der Waals surface area contributed by atoms with Crippen molar-refractivity contribution in [3.8, 4) is 35.1 Å². The molecular formula is C136H240N2O4. The van der Waals surface area contributed by atoms with Gasteiger partial charge in [0.25, 0.3) is 0 Å². The molecule has 0 aliphatic heterocycles. The lowest BCUT2D eigenvalue weighted by molar-refractivity contribution is 0.218. The van der Waals surface area contributed by atoms with Crippen molar-refractivity contribution in [1.29, 1.82) is 10.5 Å². The Kier molecular flexibility index (Phi) is 95.8. The predicted octanol–water partition coefficient (Wildman–Crippen LogP) is 47.4. The van der Waals surface area contributed by atoms with Crippen LogP contribution in [0.2, 0.25) is 0 Å². The molecule has 3 aromatic carbocycles. The third-order valence-electron chi connectivity index (χ3n) is 32.0. The van der Waals surface area contributed by atoms with Crippen molar-refractivity contribution in [3.05, 3.63) is 82.9 Å². The second-order valence-corrected chi connectivity index (χ2v) is 45.6. The summed E-state index contributed by atoms with van der Waals surface area (Å²) in [5, 5.41) is 23.0. The van der Waals surface area contributed by atoms with Gasteiger partial charge in [-0.2, -0.15) is 10.5 Å². The average Bonchev–Trinajstić information content (AvgIpc) is 0.822. The van der Waals surface area contributed by atoms with Crippen molar-refractivity contribution in [1.82, 2.24) is 0 Å². The topological polar surface area (TPSA) is 84.5 Å². The van der Waals surface area contributed by atoms with E-state index in [2.05, 4.69) is 140 Å². The van der Waals surface area contributed by atoms with Crippen LogP contribution in [0.1, 0.15) is 694 Å². The Morgan fingerprint density at radius 2 is 0.331 bits per heavy atom. The van der Waals surface area contributed by atoms with Gasteiger partial charge < -0.3 is 18.9 Å². The van der Waals surface area contributed by atoms with Gasteiger partial charge in [0.2, 0.25) is 0 Å². The summed E-state index contributed by atoms with van der Waals surface area (Å²) < 4.78 is 28.6. The largest absolute Gasteiger partial charge is 0.493 e. The van der Waals surface area contributed by atoms with Gasteiger partial charge in [0.15, 0.2) is 0 Å². The van der Waals surface area contributed by atoms with Crippen LogP contribution in [0.5, 0.6) is 23.0 Å². The Bertz CT molecular complexity index is 3060. The molecule has 0 aliphatic rings. The fraction of sp³-hybridized carbons (Fsp3) is 0.824. The first-order chi connectivity index (χ1) is 70.3. The van der Waals surface area contributed by atoms with Crippen LogP contribution in [0.3, 0.4) is 0 Å². The minimum Gasteiger partial charge on any atom is -0.493 e. The third kappa shape index (κ3) is 79.4. The summed E-state index contributed by atoms with van der Waals surface area (Å²) in [6.45, 7) is 21.4. The standard InChI is InChI=1S/C136H240N2O4/c1-9-17-25-33-41-49-57-61-69-77-83-91-99-123(97-89-81-73-65-53-45-37-29-21-13-5)119-139-133-109-111-135(141-121-125(101-93-85-75-67-55-47-39-31-23-15-7)103-95-87-79-71-63-59-51-43-35-27-19-11-3)129(115-133)113-131(117-137)127-105-107-128(108-106-127)132(118-138)114-130-116-134(140-120-124(98-90-82-74-66-54-46-38-30-22-14-6)100-92-84-78-70-62-58-50-42-34-26-18-10-2)110-112-136(130)142-122-126(102-94-86-76-68-56-48-40-32-24-16-8)104-96-88-80-72-64-60-52-44-36-28-20-12-4/h105-116,123-126H,9-104,119-122H2,1-8H3/b131-113+,132-114+. The second kappa shape index (κ2) is 103. The molecule has 4 atom stereocenters. The maximum atomic E-state index is 11.5. The number of nitriles is 2. The molecule has 0 bridgehead atoms. The number of hydrogen-bond acceptors (Lipinski definition) is 6. The summed E-state index contributed by atoms with van der Waals surface area (Å²) in [5.41, 5.74) is 4.58. The molecule has 0 aromatic heterocycles. The minimum atomic E-state index is 0.472. The molecule has 0 saturated carbocycles. The Hall–Kier alpha value is -4.68. The average molecular weight is 1970 g/mol. The van der Waals surface area contributed by atoms with Crippen molar-refractivity contribution in [2.24, 2.45) is 23.7 Å². The summed E-state index contributed by atoms with van der Waals surface area (Å²) in [4.78, 5) is 0. The van der Waals surface area contributed by atoms with Crippen LogP contribution in [-0.2, 0) is 0 Å². The fourth-order valence-electron chi connectivity index (χ4n) is 22.1. The van der Waals surface area contributed by atoms with E-state index in [0.717, 1.165) is 45.3 Å². The van der Waals surface area contributed by atoms with E-state index in [1.54, 1.807) is 0 Å². The Labute approximate surface area is 886 Å². The molecule has 4 unspecified atom stereocenters. The quantitative estimate of drug-likeness (QED) is 0.0318. The highest BCUT2D eigenvalue weighted by Crippen LogP contribution is 2.37. The van der Waals surface area contributed by atoms with Crippen molar-refractivity contribution in [2.45, 2.75) is 672 Å². The van der Waals surface area contributed by atoms with Crippen LogP contribution in [0, 0.1) is 46.3 Å². The van der Waals surface area contributed by atoms with Gasteiger partial charge in [-0.3, -0.25) is 0 Å². The van der Waals surface area contributed by atoms with Crippen LogP contribution >= 0.6 is 0 Å². The van der Waals surface area contributed by atoms with Gasteiger partial charge in [-0.1, -0.05) is 645 Å². The van der Waals surface area contributed by atoms with Crippen molar-refractivity contribution in [2.75, 3.05) is 26.4 Å². The van der Waals surface area contributed by atoms with Gasteiger partial charge in [0.1, 0.15) is 23.0 Å². The van der Waals surface area contributed by atoms with Gasteiger partial charge in [0.05, 0.1) is 49.7 Å². The molecule has 3 aromatic rings. The van der Waals surface area contributed by atoms with E-state index in [4.69, 9.17) is 18.9 Å². The monoisotopic (exact) mass is 1970 g/mol. The van der Waals surface area contributed by atoms with Crippen molar-refractivity contribution in [3.63, 3.8) is 0 Å². The molecule has 0 fully saturated rings. The summed E-state index contributed by atoms with van der Waals surface area (Å²) in [6, 6.07) is 26.7. The van der Waals surface area contributed by atoms with E-state index in [1.165, 1.54) is 616 Å². The SMILES string of the molecule is CCCCCCCCCCCCCCC(CCCCCCCCCCCC)COc1ccc(OCC(CCCCCCCCCCCC)CCCCCCCCCCCCCC)c(/C=C(\C#N)c2ccc(/C(C#N)=C/c3cc(OCC(CCCCCCCCCCCC)CCCCCCCCCCCCCC)ccc3OCC(CCCCCCCCCCCC)CCCCCCCCCCCCCC)cc2)c1. The van der Waals surface area contributed by atoms with Gasteiger partial charge in [-0.05, 0) is 135 Å². The maximum Gasteiger partial charge on any atom is 0.126 e. The molecule has 6 nitrogen and oxygen atoms in total. The molecule has 0 aliphatic carbocycles. The summed E-state index contributed by atoms with van der Waals surface area (Å²) in [5.74, 6) is 5.33. The number of nitrogens with zero attached hydrogens (tertiary/aromatic N) is 2. The van der Waals surface area contributed by atoms with E-state index >= 15 is 0 Å². The maximum absolute atomic E-state index is 11.5. The van der Waals surface area contributed by atoms with Gasteiger partial charge >= 0.3 is 0 Å². The van der Waals surface area contributed by atoms with E-state index in [0.29, 0.717) is 61.2 Å². The molecule has 0 saturated heterocycles. The van der Waals surface area contributed by atoms with E-state index in [1.807, 2.05) is 0 Å². The lowest BCUT2D eigenvalue weighted by Crippen LogP contribution is -2.14. The molecule has 818 valence electrons. The first-order valence-corrected chi connectivity index (χ1v) is 64.4. The molecule has 6 heteroatoms. The Morgan fingerprint density at radius 1 is 0.190 bits per heavy atom. The number of benzene rings is 3. The Morgan fingerprint density at radius 3 is 0.479 bits per heavy atom.